The molecule has 72 valence electrons. The van der Waals surface area contributed by atoms with E-state index in [4.69, 9.17) is 5.11 Å². The van der Waals surface area contributed by atoms with Crippen molar-refractivity contribution >= 4 is 0 Å². The lowest BCUT2D eigenvalue weighted by atomic mass is 10.2. The predicted molar refractivity (Wildman–Crippen MR) is 41.9 cm³/mol. The van der Waals surface area contributed by atoms with Crippen molar-refractivity contribution in [1.29, 1.82) is 0 Å². The van der Waals surface area contributed by atoms with E-state index in [1.807, 2.05) is 0 Å². The molecule has 0 fully saturated rings. The summed E-state index contributed by atoms with van der Waals surface area (Å²) in [6, 6.07) is 2.22. The van der Waals surface area contributed by atoms with Crippen LogP contribution in [0.1, 0.15) is 5.56 Å². The highest BCUT2D eigenvalue weighted by Crippen LogP contribution is 2.22. The van der Waals surface area contributed by atoms with E-state index >= 15 is 0 Å². The molecule has 0 amide bonds. The number of rotatable bonds is 3. The molecule has 13 heavy (non-hydrogen) atoms. The number of nitrogens with one attached hydrogen (secondary N) is 1. The van der Waals surface area contributed by atoms with Crippen molar-refractivity contribution in [1.82, 2.24) is 5.48 Å². The molecule has 1 rings (SSSR count). The van der Waals surface area contributed by atoms with Gasteiger partial charge in [0.05, 0.1) is 7.11 Å². The summed E-state index contributed by atoms with van der Waals surface area (Å²) < 4.78 is 25.5. The summed E-state index contributed by atoms with van der Waals surface area (Å²) >= 11 is 0. The Bertz CT molecular complexity index is 304. The summed E-state index contributed by atoms with van der Waals surface area (Å²) in [7, 11) is 1.38. The van der Waals surface area contributed by atoms with Gasteiger partial charge < -0.3 is 9.94 Å². The summed E-state index contributed by atoms with van der Waals surface area (Å²) in [6.07, 6.45) is 0. The van der Waals surface area contributed by atoms with Gasteiger partial charge in [0.25, 0.3) is 0 Å². The molecule has 3 nitrogen and oxygen atoms in total. The fraction of sp³-hybridized carbons (Fsp3) is 0.250. The molecule has 0 aliphatic carbocycles. The van der Waals surface area contributed by atoms with E-state index in [0.717, 1.165) is 6.07 Å². The first-order chi connectivity index (χ1) is 6.16. The van der Waals surface area contributed by atoms with Crippen LogP contribution in [-0.4, -0.2) is 12.2 Å². The van der Waals surface area contributed by atoms with Gasteiger partial charge in [-0.25, -0.2) is 8.78 Å². The van der Waals surface area contributed by atoms with Crippen molar-refractivity contribution in [3.8, 4) is 5.75 Å². The Morgan fingerprint density at radius 3 is 2.77 bits per heavy atom. The molecule has 2 N–H and O–H groups in total. The van der Waals surface area contributed by atoms with E-state index in [9.17, 15) is 8.78 Å². The fourth-order valence-corrected chi connectivity index (χ4v) is 0.869. The minimum Gasteiger partial charge on any atom is -0.503 e. The largest absolute Gasteiger partial charge is 0.503 e. The van der Waals surface area contributed by atoms with Crippen LogP contribution in [-0.2, 0) is 11.4 Å². The van der Waals surface area contributed by atoms with E-state index in [-0.39, 0.29) is 12.1 Å². The summed E-state index contributed by atoms with van der Waals surface area (Å²) in [6.45, 7) is 0.0656. The van der Waals surface area contributed by atoms with E-state index in [0.29, 0.717) is 0 Å². The standard InChI is InChI=1S/C8H9F2NO2/c1-13-11-4-5-2-3-6(9)8(12)7(5)10/h2-3,11-12H,4H2,1H3. The van der Waals surface area contributed by atoms with E-state index in [1.54, 1.807) is 0 Å². The first kappa shape index (κ1) is 9.88. The Morgan fingerprint density at radius 2 is 2.15 bits per heavy atom. The second-order valence-electron chi connectivity index (χ2n) is 2.39. The molecule has 0 aromatic heterocycles. The second kappa shape index (κ2) is 4.15. The molecule has 0 bridgehead atoms. The van der Waals surface area contributed by atoms with Gasteiger partial charge in [0, 0.05) is 12.1 Å². The molecule has 0 unspecified atom stereocenters. The van der Waals surface area contributed by atoms with Gasteiger partial charge in [-0.1, -0.05) is 6.07 Å². The minimum absolute atomic E-state index is 0.0656. The van der Waals surface area contributed by atoms with Crippen LogP contribution in [0.3, 0.4) is 0 Å². The number of hydrogen-bond donors (Lipinski definition) is 2. The Labute approximate surface area is 73.9 Å². The van der Waals surface area contributed by atoms with E-state index < -0.39 is 17.4 Å². The van der Waals surface area contributed by atoms with Crippen molar-refractivity contribution < 1.29 is 18.7 Å². The predicted octanol–water partition coefficient (Wildman–Crippen LogP) is 1.32. The third-order valence-electron chi connectivity index (χ3n) is 1.55. The highest BCUT2D eigenvalue weighted by Gasteiger charge is 2.11. The molecule has 0 aliphatic heterocycles. The number of phenolic OH excluding ortho intramolecular Hbond substituents is 1. The first-order valence-corrected chi connectivity index (χ1v) is 3.58. The van der Waals surface area contributed by atoms with Gasteiger partial charge in [-0.3, -0.25) is 0 Å². The van der Waals surface area contributed by atoms with Crippen molar-refractivity contribution in [3.05, 3.63) is 29.3 Å². The Balaban J connectivity index is 2.90. The van der Waals surface area contributed by atoms with Crippen LogP contribution in [0, 0.1) is 11.6 Å². The van der Waals surface area contributed by atoms with Gasteiger partial charge in [-0.2, -0.15) is 5.48 Å². The third kappa shape index (κ3) is 2.13. The molecule has 1 aromatic carbocycles. The molecule has 0 heterocycles. The van der Waals surface area contributed by atoms with Gasteiger partial charge in [0.15, 0.2) is 17.4 Å². The molecule has 0 spiro atoms. The third-order valence-corrected chi connectivity index (χ3v) is 1.55. The maximum Gasteiger partial charge on any atom is 0.188 e. The lowest BCUT2D eigenvalue weighted by molar-refractivity contribution is 0.0858. The average Bonchev–Trinajstić information content (AvgIpc) is 2.13. The lowest BCUT2D eigenvalue weighted by Gasteiger charge is -2.05. The molecule has 1 aromatic rings. The molecule has 0 radical (unpaired) electrons. The molecule has 0 saturated carbocycles. The zero-order valence-corrected chi connectivity index (χ0v) is 6.97. The Morgan fingerprint density at radius 1 is 1.46 bits per heavy atom. The Kier molecular flexibility index (Phi) is 3.16. The Hall–Kier alpha value is -1.20. The first-order valence-electron chi connectivity index (χ1n) is 3.58. The fourth-order valence-electron chi connectivity index (χ4n) is 0.869. The van der Waals surface area contributed by atoms with Crippen molar-refractivity contribution in [2.24, 2.45) is 0 Å². The molecular weight excluding hydrogens is 180 g/mol. The van der Waals surface area contributed by atoms with Crippen LogP contribution < -0.4 is 5.48 Å². The van der Waals surface area contributed by atoms with Gasteiger partial charge in [-0.05, 0) is 6.07 Å². The molecule has 0 saturated heterocycles. The topological polar surface area (TPSA) is 41.5 Å². The quantitative estimate of drug-likeness (QED) is 0.704. The summed E-state index contributed by atoms with van der Waals surface area (Å²) in [5, 5.41) is 8.87. The molecule has 0 aliphatic rings. The molecule has 0 atom stereocenters. The number of aromatic hydroxyl groups is 1. The van der Waals surface area contributed by atoms with Gasteiger partial charge in [0.1, 0.15) is 0 Å². The van der Waals surface area contributed by atoms with Crippen LogP contribution in [0.25, 0.3) is 0 Å². The van der Waals surface area contributed by atoms with Crippen LogP contribution in [0.5, 0.6) is 5.75 Å². The second-order valence-corrected chi connectivity index (χ2v) is 2.39. The number of hydroxylamine groups is 1. The maximum atomic E-state index is 13.0. The van der Waals surface area contributed by atoms with Crippen molar-refractivity contribution in [2.75, 3.05) is 7.11 Å². The summed E-state index contributed by atoms with van der Waals surface area (Å²) in [4.78, 5) is 4.48. The number of benzene rings is 1. The summed E-state index contributed by atoms with van der Waals surface area (Å²) in [5.74, 6) is -2.90. The van der Waals surface area contributed by atoms with Crippen molar-refractivity contribution in [2.45, 2.75) is 6.54 Å². The van der Waals surface area contributed by atoms with Gasteiger partial charge in [0.2, 0.25) is 0 Å². The average molecular weight is 189 g/mol. The van der Waals surface area contributed by atoms with E-state index in [2.05, 4.69) is 10.3 Å². The molecular formula is C8H9F2NO2. The van der Waals surface area contributed by atoms with Crippen LogP contribution in [0.2, 0.25) is 0 Å². The normalized spacial score (nSPS) is 10.4. The van der Waals surface area contributed by atoms with Crippen LogP contribution >= 0.6 is 0 Å². The number of halogens is 2. The zero-order chi connectivity index (χ0) is 9.84. The van der Waals surface area contributed by atoms with Gasteiger partial charge >= 0.3 is 0 Å². The van der Waals surface area contributed by atoms with E-state index in [1.165, 1.54) is 13.2 Å². The highest BCUT2D eigenvalue weighted by atomic mass is 19.1. The van der Waals surface area contributed by atoms with Crippen LogP contribution in [0.4, 0.5) is 8.78 Å². The van der Waals surface area contributed by atoms with Crippen molar-refractivity contribution in [3.63, 3.8) is 0 Å². The smallest absolute Gasteiger partial charge is 0.188 e. The number of phenols is 1. The number of hydrogen-bond acceptors (Lipinski definition) is 3. The monoisotopic (exact) mass is 189 g/mol. The van der Waals surface area contributed by atoms with Crippen LogP contribution in [0.15, 0.2) is 12.1 Å². The highest BCUT2D eigenvalue weighted by molar-refractivity contribution is 5.31. The SMILES string of the molecule is CONCc1ccc(F)c(O)c1F. The molecule has 5 heteroatoms. The maximum absolute atomic E-state index is 13.0. The lowest BCUT2D eigenvalue weighted by Crippen LogP contribution is -2.12. The van der Waals surface area contributed by atoms with Gasteiger partial charge in [-0.15, -0.1) is 0 Å². The summed E-state index contributed by atoms with van der Waals surface area (Å²) in [5.41, 5.74) is 2.52. The zero-order valence-electron chi connectivity index (χ0n) is 6.97. The minimum atomic E-state index is -0.973.